The maximum absolute atomic E-state index is 11.4. The molecular formula is C24H26N4O3S. The third-order valence-electron chi connectivity index (χ3n) is 5.20. The summed E-state index contributed by atoms with van der Waals surface area (Å²) in [6, 6.07) is 22.3. The van der Waals surface area contributed by atoms with Crippen LogP contribution in [-0.4, -0.2) is 32.1 Å². The first-order chi connectivity index (χ1) is 15.4. The van der Waals surface area contributed by atoms with Crippen molar-refractivity contribution in [2.45, 2.75) is 30.2 Å². The number of sulfonamides is 1. The van der Waals surface area contributed by atoms with Crippen molar-refractivity contribution in [3.05, 3.63) is 78.4 Å². The lowest BCUT2D eigenvalue weighted by atomic mass is 10.0. The van der Waals surface area contributed by atoms with Crippen LogP contribution in [0.1, 0.15) is 18.4 Å². The van der Waals surface area contributed by atoms with E-state index < -0.39 is 10.0 Å². The minimum atomic E-state index is -3.69. The first kappa shape index (κ1) is 21.9. The van der Waals surface area contributed by atoms with E-state index in [4.69, 9.17) is 5.14 Å². The highest BCUT2D eigenvalue weighted by atomic mass is 32.2. The maximum atomic E-state index is 11.4. The number of aliphatic imine (C=N–C) groups is 1. The second kappa shape index (κ2) is 9.42. The number of phenols is 1. The Labute approximate surface area is 188 Å². The predicted molar refractivity (Wildman–Crippen MR) is 127 cm³/mol. The summed E-state index contributed by atoms with van der Waals surface area (Å²) in [7, 11) is -3.69. The number of primary sulfonamides is 1. The average Bonchev–Trinajstić information content (AvgIpc) is 3.59. The summed E-state index contributed by atoms with van der Waals surface area (Å²) in [5, 5.41) is 22.1. The average molecular weight is 451 g/mol. The Morgan fingerprint density at radius 3 is 2.38 bits per heavy atom. The van der Waals surface area contributed by atoms with Gasteiger partial charge in [0.1, 0.15) is 5.75 Å². The first-order valence-electron chi connectivity index (χ1n) is 10.5. The van der Waals surface area contributed by atoms with Crippen molar-refractivity contribution in [3.8, 4) is 16.9 Å². The largest absolute Gasteiger partial charge is 0.506 e. The van der Waals surface area contributed by atoms with Crippen LogP contribution in [0.25, 0.3) is 11.1 Å². The van der Waals surface area contributed by atoms with Gasteiger partial charge in [-0.25, -0.2) is 13.6 Å². The van der Waals surface area contributed by atoms with Crippen LogP contribution < -0.4 is 15.8 Å². The fraction of sp³-hybridized carbons (Fsp3) is 0.208. The van der Waals surface area contributed by atoms with Crippen molar-refractivity contribution in [2.75, 3.05) is 11.9 Å². The van der Waals surface area contributed by atoms with Crippen LogP contribution >= 0.6 is 0 Å². The highest BCUT2D eigenvalue weighted by Gasteiger charge is 2.22. The minimum Gasteiger partial charge on any atom is -0.506 e. The lowest BCUT2D eigenvalue weighted by Crippen LogP contribution is -2.32. The van der Waals surface area contributed by atoms with Crippen LogP contribution in [0, 0.1) is 0 Å². The Hall–Kier alpha value is -3.36. The number of guanidine groups is 1. The highest BCUT2D eigenvalue weighted by Crippen LogP contribution is 2.30. The van der Waals surface area contributed by atoms with Crippen LogP contribution in [0.3, 0.4) is 0 Å². The molecule has 0 aliphatic heterocycles. The van der Waals surface area contributed by atoms with Gasteiger partial charge < -0.3 is 15.7 Å². The number of nitrogens with one attached hydrogen (secondary N) is 2. The van der Waals surface area contributed by atoms with Crippen molar-refractivity contribution >= 4 is 21.7 Å². The smallest absolute Gasteiger partial charge is 0.238 e. The van der Waals surface area contributed by atoms with Crippen LogP contribution in [0.4, 0.5) is 5.69 Å². The third-order valence-corrected chi connectivity index (χ3v) is 6.13. The fourth-order valence-electron chi connectivity index (χ4n) is 3.26. The van der Waals surface area contributed by atoms with Crippen LogP contribution in [0.2, 0.25) is 0 Å². The Kier molecular flexibility index (Phi) is 6.43. The molecule has 7 nitrogen and oxygen atoms in total. The minimum absolute atomic E-state index is 0.0938. The molecule has 0 heterocycles. The van der Waals surface area contributed by atoms with E-state index in [0.29, 0.717) is 30.7 Å². The van der Waals surface area contributed by atoms with Crippen molar-refractivity contribution in [1.29, 1.82) is 0 Å². The van der Waals surface area contributed by atoms with Gasteiger partial charge in [0.2, 0.25) is 10.0 Å². The van der Waals surface area contributed by atoms with Crippen molar-refractivity contribution in [2.24, 2.45) is 10.1 Å². The number of aromatic hydroxyl groups is 1. The number of nitrogens with zero attached hydrogens (tertiary/aromatic N) is 1. The molecule has 1 aliphatic rings. The number of benzene rings is 3. The number of rotatable bonds is 7. The van der Waals surface area contributed by atoms with Crippen LogP contribution in [0.15, 0.2) is 82.7 Å². The predicted octanol–water partition coefficient (Wildman–Crippen LogP) is 3.47. The molecule has 0 spiro atoms. The van der Waals surface area contributed by atoms with Gasteiger partial charge in [0.05, 0.1) is 10.6 Å². The number of hydrogen-bond donors (Lipinski definition) is 4. The van der Waals surface area contributed by atoms with E-state index in [2.05, 4.69) is 15.6 Å². The summed E-state index contributed by atoms with van der Waals surface area (Å²) < 4.78 is 22.8. The molecule has 3 aromatic rings. The molecule has 4 rings (SSSR count). The zero-order valence-corrected chi connectivity index (χ0v) is 18.3. The number of phenolic OH excluding ortho intramolecular Hbond substituents is 1. The summed E-state index contributed by atoms with van der Waals surface area (Å²) in [6.45, 7) is 0.496. The summed E-state index contributed by atoms with van der Waals surface area (Å²) in [5.41, 5.74) is 3.59. The molecule has 1 fully saturated rings. The van der Waals surface area contributed by atoms with Gasteiger partial charge in [0.15, 0.2) is 5.96 Å². The Bertz CT molecular complexity index is 1210. The first-order valence-corrected chi connectivity index (χ1v) is 12.0. The summed E-state index contributed by atoms with van der Waals surface area (Å²) in [4.78, 5) is 4.74. The zero-order valence-electron chi connectivity index (χ0n) is 17.5. The Balaban J connectivity index is 1.47. The van der Waals surface area contributed by atoms with E-state index in [1.54, 1.807) is 18.2 Å². The quantitative estimate of drug-likeness (QED) is 0.250. The van der Waals surface area contributed by atoms with Gasteiger partial charge in [-0.1, -0.05) is 48.5 Å². The fourth-order valence-corrected chi connectivity index (χ4v) is 3.77. The van der Waals surface area contributed by atoms with Gasteiger partial charge >= 0.3 is 0 Å². The molecule has 0 radical (unpaired) electrons. The van der Waals surface area contributed by atoms with E-state index in [1.165, 1.54) is 12.1 Å². The van der Waals surface area contributed by atoms with E-state index >= 15 is 0 Å². The maximum Gasteiger partial charge on any atom is 0.238 e. The molecule has 1 aliphatic carbocycles. The molecule has 0 amide bonds. The molecule has 0 saturated heterocycles. The van der Waals surface area contributed by atoms with Gasteiger partial charge in [0.25, 0.3) is 0 Å². The SMILES string of the molecule is NS(=O)(=O)c1ccc(CCN=C(Nc2cc(-c3ccccc3)ccc2O)NC2CC2)cc1. The molecule has 166 valence electrons. The highest BCUT2D eigenvalue weighted by molar-refractivity contribution is 7.89. The molecule has 0 aromatic heterocycles. The zero-order chi connectivity index (χ0) is 22.6. The van der Waals surface area contributed by atoms with Gasteiger partial charge in [-0.15, -0.1) is 0 Å². The van der Waals surface area contributed by atoms with Crippen LogP contribution in [0.5, 0.6) is 5.75 Å². The standard InChI is InChI=1S/C24H26N4O3S/c25-32(30,31)21-11-6-17(7-12-21)14-15-26-24(27-20-9-10-20)28-22-16-19(8-13-23(22)29)18-4-2-1-3-5-18/h1-8,11-13,16,20,29H,9-10,14-15H2,(H2,25,30,31)(H2,26,27,28). The molecule has 1 saturated carbocycles. The number of anilines is 1. The summed E-state index contributed by atoms with van der Waals surface area (Å²) in [6.07, 6.45) is 2.82. The molecule has 0 unspecified atom stereocenters. The van der Waals surface area contributed by atoms with E-state index in [9.17, 15) is 13.5 Å². The van der Waals surface area contributed by atoms with Gasteiger partial charge in [-0.3, -0.25) is 4.99 Å². The van der Waals surface area contributed by atoms with Gasteiger partial charge in [0, 0.05) is 12.6 Å². The van der Waals surface area contributed by atoms with E-state index in [1.807, 2.05) is 42.5 Å². The molecule has 0 bridgehead atoms. The Morgan fingerprint density at radius 2 is 1.72 bits per heavy atom. The normalized spacial score (nSPS) is 14.2. The molecular weight excluding hydrogens is 424 g/mol. The summed E-state index contributed by atoms with van der Waals surface area (Å²) >= 11 is 0. The van der Waals surface area contributed by atoms with Gasteiger partial charge in [-0.05, 0) is 60.2 Å². The second-order valence-corrected chi connectivity index (χ2v) is 9.37. The monoisotopic (exact) mass is 450 g/mol. The van der Waals surface area contributed by atoms with Crippen molar-refractivity contribution in [3.63, 3.8) is 0 Å². The molecule has 5 N–H and O–H groups in total. The second-order valence-electron chi connectivity index (χ2n) is 7.81. The van der Waals surface area contributed by atoms with E-state index in [0.717, 1.165) is 29.5 Å². The van der Waals surface area contributed by atoms with Crippen molar-refractivity contribution < 1.29 is 13.5 Å². The lowest BCUT2D eigenvalue weighted by Gasteiger charge is -2.14. The molecule has 8 heteroatoms. The number of nitrogens with two attached hydrogens (primary N) is 1. The van der Waals surface area contributed by atoms with Crippen LogP contribution in [-0.2, 0) is 16.4 Å². The molecule has 32 heavy (non-hydrogen) atoms. The molecule has 0 atom stereocenters. The molecule has 3 aromatic carbocycles. The lowest BCUT2D eigenvalue weighted by molar-refractivity contribution is 0.478. The van der Waals surface area contributed by atoms with E-state index in [-0.39, 0.29) is 10.6 Å². The topological polar surface area (TPSA) is 117 Å². The Morgan fingerprint density at radius 1 is 1.00 bits per heavy atom. The third kappa shape index (κ3) is 5.87. The number of hydrogen-bond acceptors (Lipinski definition) is 4. The van der Waals surface area contributed by atoms with Crippen molar-refractivity contribution in [1.82, 2.24) is 5.32 Å². The van der Waals surface area contributed by atoms with Gasteiger partial charge in [-0.2, -0.15) is 0 Å². The summed E-state index contributed by atoms with van der Waals surface area (Å²) in [5.74, 6) is 0.753.